The first-order chi connectivity index (χ1) is 70.4. The first-order valence-electron chi connectivity index (χ1n) is 47.7. The van der Waals surface area contributed by atoms with Gasteiger partial charge in [-0.1, -0.05) is 425 Å². The summed E-state index contributed by atoms with van der Waals surface area (Å²) in [6.07, 6.45) is 0. The fourth-order valence-electron chi connectivity index (χ4n) is 19.8. The first-order valence-corrected chi connectivity index (χ1v) is 49.7. The maximum Gasteiger partial charge on any atom is 0.179 e. The number of hydrogen-bond acceptors (Lipinski definition) is 9. The second-order valence-electron chi connectivity index (χ2n) is 35.1. The quantitative estimate of drug-likeness (QED) is 0.0609. The molecule has 668 valence electrons. The van der Waals surface area contributed by atoms with E-state index in [0.29, 0.717) is 52.4 Å². The van der Waals surface area contributed by atoms with Crippen LogP contribution in [0.25, 0.3) is 207 Å². The van der Waals surface area contributed by atoms with E-state index in [4.69, 9.17) is 44.9 Å². The third-order valence-electron chi connectivity index (χ3n) is 26.5. The lowest BCUT2D eigenvalue weighted by atomic mass is 10.0. The fraction of sp³-hybridized carbons (Fsp3) is 0. The van der Waals surface area contributed by atoms with Gasteiger partial charge in [-0.15, -0.1) is 0 Å². The lowest BCUT2D eigenvalue weighted by Gasteiger charge is -2.34. The molecule has 0 unspecified atom stereocenters. The van der Waals surface area contributed by atoms with Gasteiger partial charge >= 0.3 is 0 Å². The molecule has 20 aromatic carbocycles. The van der Waals surface area contributed by atoms with Crippen LogP contribution in [0, 0.1) is 0 Å². The van der Waals surface area contributed by atoms with Crippen molar-refractivity contribution in [3.05, 3.63) is 534 Å². The van der Waals surface area contributed by atoms with E-state index in [1.165, 1.54) is 86.2 Å². The zero-order valence-electron chi connectivity index (χ0n) is 77.2. The van der Waals surface area contributed by atoms with Crippen molar-refractivity contribution in [1.82, 2.24) is 58.6 Å². The van der Waals surface area contributed by atoms with E-state index in [-0.39, 0.29) is 0 Å². The van der Waals surface area contributed by atoms with Crippen LogP contribution in [0.5, 0.6) is 0 Å². The van der Waals surface area contributed by atoms with Gasteiger partial charge < -0.3 is 13.7 Å². The summed E-state index contributed by atoms with van der Waals surface area (Å²) in [4.78, 5) is 44.8. The molecule has 26 aromatic rings. The molecular weight excluding hydrogens is 1750 g/mol. The summed E-state index contributed by atoms with van der Waals surface area (Å²) >= 11 is 0. The van der Waals surface area contributed by atoms with Gasteiger partial charge in [-0.25, -0.2) is 44.9 Å². The molecule has 0 N–H and O–H groups in total. The molecule has 0 saturated heterocycles. The highest BCUT2D eigenvalue weighted by Gasteiger charge is 2.41. The Hall–Kier alpha value is -19.0. The molecule has 0 bridgehead atoms. The number of fused-ring (bicyclic) bond motifs is 9. The fourth-order valence-corrected chi connectivity index (χ4v) is 24.6. The third-order valence-corrected chi connectivity index (χ3v) is 31.3. The van der Waals surface area contributed by atoms with Crippen molar-refractivity contribution >= 4 is 94.2 Å². The predicted molar refractivity (Wildman–Crippen MR) is 586 cm³/mol. The van der Waals surface area contributed by atoms with Crippen LogP contribution < -0.4 is 20.7 Å². The van der Waals surface area contributed by atoms with Crippen molar-refractivity contribution < 1.29 is 0 Å². The first kappa shape index (κ1) is 85.9. The van der Waals surface area contributed by atoms with Gasteiger partial charge in [0.1, 0.15) is 0 Å². The summed E-state index contributed by atoms with van der Waals surface area (Å²) in [6, 6.07) is 187. The maximum atomic E-state index is 5.15. The van der Waals surface area contributed by atoms with Crippen LogP contribution in [0.2, 0.25) is 0 Å². The van der Waals surface area contributed by atoms with Gasteiger partial charge in [0.25, 0.3) is 0 Å². The number of benzene rings is 20. The molecule has 6 heterocycles. The van der Waals surface area contributed by atoms with Gasteiger partial charge in [0.15, 0.2) is 60.5 Å². The van der Waals surface area contributed by atoms with Gasteiger partial charge in [-0.2, -0.15) is 0 Å². The van der Waals surface area contributed by atoms with Crippen molar-refractivity contribution in [3.8, 4) is 142 Å². The minimum atomic E-state index is -2.64. The molecule has 0 aliphatic heterocycles. The summed E-state index contributed by atoms with van der Waals surface area (Å²) in [7, 11) is -2.64. The van der Waals surface area contributed by atoms with E-state index in [1.54, 1.807) is 0 Å². The van der Waals surface area contributed by atoms with Crippen LogP contribution in [0.15, 0.2) is 534 Å². The Morgan fingerprint density at radius 2 is 0.303 bits per heavy atom. The van der Waals surface area contributed by atoms with Crippen molar-refractivity contribution in [3.63, 3.8) is 0 Å². The second kappa shape index (κ2) is 38.3. The van der Waals surface area contributed by atoms with Crippen molar-refractivity contribution in [2.45, 2.75) is 0 Å². The Morgan fingerprint density at radius 3 is 0.585 bits per heavy atom. The lowest BCUT2D eigenvalue weighted by molar-refractivity contribution is 1.07. The second-order valence-corrected chi connectivity index (χ2v) is 38.9. The highest BCUT2D eigenvalue weighted by atomic mass is 28.3. The molecule has 142 heavy (non-hydrogen) atoms. The summed E-state index contributed by atoms with van der Waals surface area (Å²) in [5.41, 5.74) is 23.3. The summed E-state index contributed by atoms with van der Waals surface area (Å²) < 4.78 is 6.96. The van der Waals surface area contributed by atoms with E-state index in [9.17, 15) is 0 Å². The van der Waals surface area contributed by atoms with Crippen molar-refractivity contribution in [2.24, 2.45) is 0 Å². The van der Waals surface area contributed by atoms with E-state index < -0.39 is 8.07 Å². The number of aromatic nitrogens is 12. The minimum Gasteiger partial charge on any atom is -0.309 e. The molecule has 13 heteroatoms. The highest BCUT2D eigenvalue weighted by molar-refractivity contribution is 7.19. The number of hydrogen-bond donors (Lipinski definition) is 0. The van der Waals surface area contributed by atoms with Crippen LogP contribution in [0.3, 0.4) is 0 Å². The van der Waals surface area contributed by atoms with E-state index in [1.807, 2.05) is 115 Å². The molecule has 0 fully saturated rings. The Morgan fingerprint density at radius 1 is 0.120 bits per heavy atom. The molecule has 6 aromatic heterocycles. The number of nitrogens with zero attached hydrogens (tertiary/aromatic N) is 12. The van der Waals surface area contributed by atoms with Crippen LogP contribution in [-0.2, 0) is 0 Å². The molecule has 0 aliphatic carbocycles. The summed E-state index contributed by atoms with van der Waals surface area (Å²) in [5.74, 6) is 5.79. The van der Waals surface area contributed by atoms with E-state index >= 15 is 0 Å². The number of para-hydroxylation sites is 6. The average molecular weight is 1830 g/mol. The zero-order chi connectivity index (χ0) is 94.5. The average Bonchev–Trinajstić information content (AvgIpc) is 1.52. The Kier molecular flexibility index (Phi) is 23.2. The lowest BCUT2D eigenvalue weighted by Crippen LogP contribution is -2.74. The molecule has 12 nitrogen and oxygen atoms in total. The molecule has 26 rings (SSSR count). The monoisotopic (exact) mass is 1830 g/mol. The van der Waals surface area contributed by atoms with Gasteiger partial charge in [-0.05, 0) is 152 Å². The maximum absolute atomic E-state index is 5.15. The molecule has 0 amide bonds. The van der Waals surface area contributed by atoms with Crippen LogP contribution in [0.4, 0.5) is 0 Å². The number of rotatable bonds is 18. The molecule has 0 spiro atoms. The smallest absolute Gasteiger partial charge is 0.179 e. The van der Waals surface area contributed by atoms with Gasteiger partial charge in [-0.3, -0.25) is 0 Å². The van der Waals surface area contributed by atoms with Crippen LogP contribution >= 0.6 is 0 Å². The van der Waals surface area contributed by atoms with E-state index in [2.05, 4.69) is 432 Å². The standard InChI is InChI=1S/C57H40N4Si.C39H26N4.C33H22N4/c1-5-18-42(19-6-1)55-58-56(43-32-36-46(37-33-43)61-53-30-15-13-28-51(53)52-29-14-16-31-54(52)61)60-57(59-55)45-21-17-20-44(40-45)41-34-38-50(39-35-41)62(47-22-7-2-8-23-47,48-24-9-3-10-25-48)49-26-11-4-12-27-49;1-3-12-27(13-4-1)30-16-11-17-31(26-30)39-41-37(28-14-5-2-6-15-28)40-38(42-39)29-22-24-32(25-23-29)43-35-20-9-7-18-33(35)34-19-8-10-21-36(34)43;1-3-12-23(13-4-1)31-34-32(24-14-5-2-6-15-24)36-33(35-31)25-16-11-17-26(22-25)37-29-20-9-7-18-27(29)28-19-8-10-21-30(28)37/h1-40H;1-26H;1-22H. The Balaban J connectivity index is 0.000000120. The Bertz CT molecular complexity index is 8730. The Labute approximate surface area is 822 Å². The van der Waals surface area contributed by atoms with Gasteiger partial charge in [0, 0.05) is 99.5 Å². The van der Waals surface area contributed by atoms with Crippen molar-refractivity contribution in [2.75, 3.05) is 0 Å². The SMILES string of the molecule is c1ccc(-c2cccc(-c3nc(-c4ccccc4)nc(-c4ccc(-n5c6ccccc6c6ccccc65)cc4)n3)c2)cc1.c1ccc(-c2nc(-c3ccc(-n4c5ccccc5c5ccccc54)cc3)nc(-c3cccc(-c4ccc([Si](c5ccccc5)(c5ccccc5)c5ccccc5)cc4)c3)n2)cc1.c1ccc(-c2nc(-c3ccccc3)nc(-c3cccc(-n4c5ccccc5c5ccccc54)c3)n2)cc1. The van der Waals surface area contributed by atoms with Gasteiger partial charge in [0.2, 0.25) is 0 Å². The highest BCUT2D eigenvalue weighted by Crippen LogP contribution is 2.40. The summed E-state index contributed by atoms with van der Waals surface area (Å²) in [5, 5.41) is 12.8. The third kappa shape index (κ3) is 16.7. The molecular formula is C129H88N12Si. The summed E-state index contributed by atoms with van der Waals surface area (Å²) in [6.45, 7) is 0. The minimum absolute atomic E-state index is 0.626. The topological polar surface area (TPSA) is 131 Å². The molecule has 0 aliphatic rings. The van der Waals surface area contributed by atoms with Gasteiger partial charge in [0.05, 0.1) is 33.1 Å². The normalized spacial score (nSPS) is 11.4. The molecule has 0 radical (unpaired) electrons. The zero-order valence-corrected chi connectivity index (χ0v) is 78.2. The molecule has 0 saturated carbocycles. The van der Waals surface area contributed by atoms with Crippen LogP contribution in [-0.4, -0.2) is 66.6 Å². The van der Waals surface area contributed by atoms with Crippen molar-refractivity contribution in [1.29, 1.82) is 0 Å². The largest absolute Gasteiger partial charge is 0.309 e. The van der Waals surface area contributed by atoms with E-state index in [0.717, 1.165) is 89.4 Å². The predicted octanol–water partition coefficient (Wildman–Crippen LogP) is 28.6. The molecule has 0 atom stereocenters. The van der Waals surface area contributed by atoms with Crippen LogP contribution in [0.1, 0.15) is 0 Å².